The predicted molar refractivity (Wildman–Crippen MR) is 143 cm³/mol. The van der Waals surface area contributed by atoms with Crippen molar-refractivity contribution in [2.45, 2.75) is 64.3 Å². The molecule has 1 heterocycles. The molecule has 1 aliphatic rings. The van der Waals surface area contributed by atoms with Crippen molar-refractivity contribution in [1.29, 1.82) is 0 Å². The Bertz CT molecular complexity index is 1230. The molecular weight excluding hydrogens is 464 g/mol. The van der Waals surface area contributed by atoms with Gasteiger partial charge in [-0.2, -0.15) is 0 Å². The van der Waals surface area contributed by atoms with Crippen LogP contribution in [0.1, 0.15) is 58.4 Å². The number of benzene rings is 1. The number of nitrogens with one attached hydrogen (secondary N) is 1. The first kappa shape index (κ1) is 26.2. The minimum absolute atomic E-state index is 0.0805. The summed E-state index contributed by atoms with van der Waals surface area (Å²) < 4.78 is 2.43. The molecule has 0 bridgehead atoms. The summed E-state index contributed by atoms with van der Waals surface area (Å²) >= 11 is 2.91. The van der Waals surface area contributed by atoms with E-state index in [1.165, 1.54) is 40.4 Å². The third kappa shape index (κ3) is 7.31. The molecule has 1 aliphatic carbocycles. The zero-order valence-corrected chi connectivity index (χ0v) is 22.1. The molecule has 182 valence electrons. The normalized spacial score (nSPS) is 15.4. The fourth-order valence-corrected chi connectivity index (χ4v) is 5.12. The molecule has 1 amide bonds. The largest absolute Gasteiger partial charge is 0.354 e. The summed E-state index contributed by atoms with van der Waals surface area (Å²) in [4.78, 5) is 39.7. The van der Waals surface area contributed by atoms with Gasteiger partial charge in [-0.05, 0) is 62.1 Å². The van der Waals surface area contributed by atoms with Crippen LogP contribution in [0.15, 0.2) is 45.6 Å². The maximum absolute atomic E-state index is 13.2. The number of aromatic nitrogens is 1. The van der Waals surface area contributed by atoms with Crippen molar-refractivity contribution < 1.29 is 9.59 Å². The van der Waals surface area contributed by atoms with Crippen molar-refractivity contribution in [3.05, 3.63) is 61.0 Å². The smallest absolute Gasteiger partial charge is 0.269 e. The second kappa shape index (κ2) is 11.8. The maximum atomic E-state index is 13.2. The second-order valence-electron chi connectivity index (χ2n) is 9.58. The second-order valence-corrected chi connectivity index (χ2v) is 11.5. The summed E-state index contributed by atoms with van der Waals surface area (Å²) in [6.07, 6.45) is 13.1. The highest BCUT2D eigenvalue weighted by Gasteiger charge is 2.20. The van der Waals surface area contributed by atoms with Gasteiger partial charge in [0.2, 0.25) is 5.91 Å². The van der Waals surface area contributed by atoms with E-state index in [0.29, 0.717) is 15.7 Å². The van der Waals surface area contributed by atoms with Crippen LogP contribution >= 0.6 is 23.1 Å². The molecule has 0 unspecified atom stereocenters. The summed E-state index contributed by atoms with van der Waals surface area (Å²) in [6.45, 7) is 5.99. The van der Waals surface area contributed by atoms with E-state index in [1.807, 2.05) is 57.4 Å². The van der Waals surface area contributed by atoms with Gasteiger partial charge in [0.1, 0.15) is 11.2 Å². The molecule has 0 fully saturated rings. The number of hydrogen-bond acceptors (Lipinski definition) is 5. The van der Waals surface area contributed by atoms with Crippen molar-refractivity contribution in [3.8, 4) is 0 Å². The van der Waals surface area contributed by atoms with E-state index >= 15 is 0 Å². The first-order chi connectivity index (χ1) is 16.2. The molecule has 5 nitrogen and oxygen atoms in total. The maximum Gasteiger partial charge on any atom is 0.269 e. The number of amides is 1. The summed E-state index contributed by atoms with van der Waals surface area (Å²) in [6, 6.07) is 7.94. The molecule has 3 rings (SSSR count). The summed E-state index contributed by atoms with van der Waals surface area (Å²) in [5, 5.41) is 2.94. The van der Waals surface area contributed by atoms with Gasteiger partial charge in [-0.15, -0.1) is 23.1 Å². The van der Waals surface area contributed by atoms with E-state index in [9.17, 15) is 14.4 Å². The van der Waals surface area contributed by atoms with Crippen molar-refractivity contribution in [2.24, 2.45) is 5.41 Å². The van der Waals surface area contributed by atoms with E-state index in [1.54, 1.807) is 11.8 Å². The van der Waals surface area contributed by atoms with Crippen molar-refractivity contribution >= 4 is 46.9 Å². The van der Waals surface area contributed by atoms with E-state index in [4.69, 9.17) is 0 Å². The van der Waals surface area contributed by atoms with Crippen molar-refractivity contribution in [2.75, 3.05) is 12.8 Å². The molecule has 0 aliphatic heterocycles. The van der Waals surface area contributed by atoms with Crippen molar-refractivity contribution in [3.63, 3.8) is 0 Å². The lowest BCUT2D eigenvalue weighted by atomic mass is 9.91. The summed E-state index contributed by atoms with van der Waals surface area (Å²) in [7, 11) is 0. The Morgan fingerprint density at radius 3 is 2.53 bits per heavy atom. The number of thiazole rings is 1. The SMILES string of the molecule is CSc1ccc(C=c2sc(=CC(=O)C(C)(C)C)n(CC(=O)NCCC3=CCCCC3)c2=O)cc1. The molecule has 2 aromatic rings. The van der Waals surface area contributed by atoms with E-state index in [-0.39, 0.29) is 23.8 Å². The number of Topliss-reactive ketones (excluding diaryl/α,β-unsaturated/α-hetero) is 1. The lowest BCUT2D eigenvalue weighted by Crippen LogP contribution is -2.39. The van der Waals surface area contributed by atoms with Crippen LogP contribution < -0.4 is 20.1 Å². The Labute approximate surface area is 209 Å². The average molecular weight is 499 g/mol. The van der Waals surface area contributed by atoms with Gasteiger partial charge in [0.05, 0.1) is 4.53 Å². The molecule has 1 N–H and O–H groups in total. The van der Waals surface area contributed by atoms with E-state index in [0.717, 1.165) is 29.7 Å². The number of ketones is 1. The minimum Gasteiger partial charge on any atom is -0.354 e. The summed E-state index contributed by atoms with van der Waals surface area (Å²) in [5.74, 6) is -0.298. The van der Waals surface area contributed by atoms with Gasteiger partial charge < -0.3 is 5.32 Å². The third-order valence-electron chi connectivity index (χ3n) is 5.80. The molecule has 1 aromatic heterocycles. The van der Waals surface area contributed by atoms with Gasteiger partial charge in [0, 0.05) is 22.9 Å². The van der Waals surface area contributed by atoms with Crippen LogP contribution in [-0.2, 0) is 16.1 Å². The number of carbonyl (C=O) groups is 2. The highest BCUT2D eigenvalue weighted by molar-refractivity contribution is 7.98. The number of nitrogens with zero attached hydrogens (tertiary/aromatic N) is 1. The first-order valence-electron chi connectivity index (χ1n) is 11.7. The first-order valence-corrected chi connectivity index (χ1v) is 13.8. The lowest BCUT2D eigenvalue weighted by Gasteiger charge is -2.13. The fraction of sp³-hybridized carbons (Fsp3) is 0.444. The molecule has 34 heavy (non-hydrogen) atoms. The fourth-order valence-electron chi connectivity index (χ4n) is 3.67. The monoisotopic (exact) mass is 498 g/mol. The van der Waals surface area contributed by atoms with Crippen LogP contribution in [0.25, 0.3) is 12.2 Å². The van der Waals surface area contributed by atoms with Crippen LogP contribution in [0.4, 0.5) is 0 Å². The van der Waals surface area contributed by atoms with Crippen LogP contribution in [0, 0.1) is 5.41 Å². The molecule has 0 spiro atoms. The zero-order valence-electron chi connectivity index (χ0n) is 20.5. The Morgan fingerprint density at radius 2 is 1.91 bits per heavy atom. The number of allylic oxidation sites excluding steroid dienone is 1. The van der Waals surface area contributed by atoms with Gasteiger partial charge in [0.25, 0.3) is 5.56 Å². The molecular formula is C27H34N2O3S2. The minimum atomic E-state index is -0.571. The average Bonchev–Trinajstić information content (AvgIpc) is 3.08. The Hall–Kier alpha value is -2.38. The van der Waals surface area contributed by atoms with Gasteiger partial charge in [-0.25, -0.2) is 0 Å². The molecule has 0 saturated carbocycles. The van der Waals surface area contributed by atoms with Crippen LogP contribution in [0.3, 0.4) is 0 Å². The number of rotatable bonds is 8. The molecule has 0 saturated heterocycles. The van der Waals surface area contributed by atoms with Gasteiger partial charge >= 0.3 is 0 Å². The predicted octanol–water partition coefficient (Wildman–Crippen LogP) is 3.86. The third-order valence-corrected chi connectivity index (χ3v) is 7.60. The van der Waals surface area contributed by atoms with E-state index < -0.39 is 5.41 Å². The van der Waals surface area contributed by atoms with Gasteiger partial charge in [-0.3, -0.25) is 19.0 Å². The van der Waals surface area contributed by atoms with Gasteiger partial charge in [-0.1, -0.05) is 44.6 Å². The van der Waals surface area contributed by atoms with Crippen LogP contribution in [0.2, 0.25) is 0 Å². The van der Waals surface area contributed by atoms with Crippen LogP contribution in [-0.4, -0.2) is 29.1 Å². The lowest BCUT2D eigenvalue weighted by molar-refractivity contribution is -0.122. The Kier molecular flexibility index (Phi) is 9.14. The van der Waals surface area contributed by atoms with Gasteiger partial charge in [0.15, 0.2) is 5.78 Å². The molecule has 7 heteroatoms. The number of carbonyl (C=O) groups excluding carboxylic acids is 2. The topological polar surface area (TPSA) is 68.2 Å². The van der Waals surface area contributed by atoms with Crippen LogP contribution in [0.5, 0.6) is 0 Å². The Morgan fingerprint density at radius 1 is 1.18 bits per heavy atom. The Balaban J connectivity index is 1.87. The highest BCUT2D eigenvalue weighted by atomic mass is 32.2. The standard InChI is InChI=1S/C27H34N2O3S2/c1-27(2,3)23(30)17-25-29(18-24(31)28-15-14-19-8-6-5-7-9-19)26(32)22(34-25)16-20-10-12-21(33-4)13-11-20/h8,10-13,16-17H,5-7,9,14-15,18H2,1-4H3,(H,28,31). The highest BCUT2D eigenvalue weighted by Crippen LogP contribution is 2.19. The molecule has 1 aromatic carbocycles. The van der Waals surface area contributed by atoms with Crippen molar-refractivity contribution in [1.82, 2.24) is 9.88 Å². The molecule has 0 atom stereocenters. The van der Waals surface area contributed by atoms with E-state index in [2.05, 4.69) is 11.4 Å². The zero-order chi connectivity index (χ0) is 24.7. The number of hydrogen-bond donors (Lipinski definition) is 1. The number of thioether (sulfide) groups is 1. The molecule has 0 radical (unpaired) electrons. The quantitative estimate of drug-likeness (QED) is 0.443. The summed E-state index contributed by atoms with van der Waals surface area (Å²) in [5.41, 5.74) is 1.48.